The van der Waals surface area contributed by atoms with Crippen LogP contribution in [0.3, 0.4) is 0 Å². The summed E-state index contributed by atoms with van der Waals surface area (Å²) in [7, 11) is 8.28. The van der Waals surface area contributed by atoms with Gasteiger partial charge in [0.05, 0.1) is 0 Å². The van der Waals surface area contributed by atoms with Gasteiger partial charge in [0.25, 0.3) is 0 Å². The van der Waals surface area contributed by atoms with Crippen LogP contribution in [0.4, 0.5) is 11.4 Å². The molecule has 84 valence electrons. The van der Waals surface area contributed by atoms with Crippen LogP contribution in [0.2, 0.25) is 0 Å². The van der Waals surface area contributed by atoms with Crippen LogP contribution in [-0.4, -0.2) is 28.2 Å². The van der Waals surface area contributed by atoms with Gasteiger partial charge in [0.15, 0.2) is 0 Å². The van der Waals surface area contributed by atoms with Gasteiger partial charge in [-0.25, -0.2) is 0 Å². The van der Waals surface area contributed by atoms with Crippen molar-refractivity contribution >= 4 is 22.1 Å². The van der Waals surface area contributed by atoms with Gasteiger partial charge >= 0.3 is 18.9 Å². The Morgan fingerprint density at radius 2 is 1.47 bits per heavy atom. The molecule has 0 saturated heterocycles. The van der Waals surface area contributed by atoms with E-state index >= 15 is 0 Å². The van der Waals surface area contributed by atoms with Crippen molar-refractivity contribution in [1.29, 1.82) is 0 Å². The maximum absolute atomic E-state index is 3.29. The summed E-state index contributed by atoms with van der Waals surface area (Å²) < 4.78 is 0. The summed E-state index contributed by atoms with van der Waals surface area (Å²) in [6.45, 7) is 0. The Bertz CT molecular complexity index is 464. The van der Waals surface area contributed by atoms with Crippen LogP contribution in [0.15, 0.2) is 30.3 Å². The first-order valence-electron chi connectivity index (χ1n) is 5.39. The van der Waals surface area contributed by atoms with Crippen LogP contribution in [0.5, 0.6) is 0 Å². The third-order valence-electron chi connectivity index (χ3n) is 2.74. The van der Waals surface area contributed by atoms with E-state index in [1.165, 1.54) is 16.8 Å². The molecule has 0 unspecified atom stereocenters. The van der Waals surface area contributed by atoms with Crippen molar-refractivity contribution in [3.05, 3.63) is 36.4 Å². The third kappa shape index (κ3) is 2.60. The topological polar surface area (TPSA) is 6.48 Å². The summed E-state index contributed by atoms with van der Waals surface area (Å²) in [6, 6.07) is 13.7. The maximum atomic E-state index is 3.29. The largest absolute Gasteiger partial charge is 1.00 e. The molecule has 2 nitrogen and oxygen atoms in total. The summed E-state index contributed by atoms with van der Waals surface area (Å²) >= 11 is 0. The SMILES string of the molecule is CN(C)c1cc[c-]c2cccc(N(C)C)c12.[Li+]. The predicted octanol–water partition coefficient (Wildman–Crippen LogP) is -0.224. The number of hydrogen-bond donors (Lipinski definition) is 0. The fourth-order valence-electron chi connectivity index (χ4n) is 1.97. The van der Waals surface area contributed by atoms with E-state index in [-0.39, 0.29) is 18.9 Å². The first kappa shape index (κ1) is 14.0. The molecule has 0 fully saturated rings. The normalized spacial score (nSPS) is 9.88. The molecule has 0 atom stereocenters. The van der Waals surface area contributed by atoms with Gasteiger partial charge in [0.2, 0.25) is 0 Å². The average molecular weight is 220 g/mol. The van der Waals surface area contributed by atoms with E-state index in [1.807, 2.05) is 6.07 Å². The monoisotopic (exact) mass is 220 g/mol. The molecule has 3 heteroatoms. The molecule has 0 bridgehead atoms. The van der Waals surface area contributed by atoms with Crippen molar-refractivity contribution < 1.29 is 18.9 Å². The van der Waals surface area contributed by atoms with E-state index in [9.17, 15) is 0 Å². The standard InChI is InChI=1S/C14H17N2.Li/c1-15(2)12-9-5-7-11-8-6-10-13(14(11)12)16(3)4;/h5-7,9-10H,1-4H3;/q-1;+1. The molecule has 2 aromatic rings. The van der Waals surface area contributed by atoms with Crippen LogP contribution >= 0.6 is 0 Å². The molecular weight excluding hydrogens is 203 g/mol. The van der Waals surface area contributed by atoms with Gasteiger partial charge in [-0.15, -0.1) is 35.7 Å². The van der Waals surface area contributed by atoms with Crippen LogP contribution < -0.4 is 28.7 Å². The molecule has 2 aromatic carbocycles. The fourth-order valence-corrected chi connectivity index (χ4v) is 1.97. The minimum Gasteiger partial charge on any atom is -0.393 e. The Hall–Kier alpha value is -1.10. The first-order chi connectivity index (χ1) is 7.61. The number of hydrogen-bond acceptors (Lipinski definition) is 2. The molecule has 17 heavy (non-hydrogen) atoms. The summed E-state index contributed by atoms with van der Waals surface area (Å²) in [5, 5.41) is 2.43. The van der Waals surface area contributed by atoms with Crippen molar-refractivity contribution in [2.24, 2.45) is 0 Å². The van der Waals surface area contributed by atoms with Crippen molar-refractivity contribution in [2.45, 2.75) is 0 Å². The molecular formula is C14H17LiN2. The Morgan fingerprint density at radius 1 is 0.882 bits per heavy atom. The molecule has 0 saturated carbocycles. The van der Waals surface area contributed by atoms with Gasteiger partial charge < -0.3 is 9.80 Å². The van der Waals surface area contributed by atoms with Gasteiger partial charge in [0, 0.05) is 33.9 Å². The number of anilines is 2. The Balaban J connectivity index is 0.00000144. The molecule has 0 radical (unpaired) electrons. The van der Waals surface area contributed by atoms with Crippen molar-refractivity contribution in [1.82, 2.24) is 0 Å². The summed E-state index contributed by atoms with van der Waals surface area (Å²) in [6.07, 6.45) is 0. The average Bonchev–Trinajstić information content (AvgIpc) is 2.27. The number of rotatable bonds is 2. The van der Waals surface area contributed by atoms with Gasteiger partial charge in [-0.1, -0.05) is 11.5 Å². The molecule has 0 aliphatic carbocycles. The van der Waals surface area contributed by atoms with Crippen LogP contribution in [0.25, 0.3) is 10.8 Å². The third-order valence-corrected chi connectivity index (χ3v) is 2.74. The zero-order chi connectivity index (χ0) is 11.7. The number of nitrogens with zero attached hydrogens (tertiary/aromatic N) is 2. The van der Waals surface area contributed by atoms with E-state index in [1.54, 1.807) is 0 Å². The predicted molar refractivity (Wildman–Crippen MR) is 71.4 cm³/mol. The molecule has 0 aliphatic rings. The van der Waals surface area contributed by atoms with Crippen molar-refractivity contribution in [3.63, 3.8) is 0 Å². The fraction of sp³-hybridized carbons (Fsp3) is 0.286. The van der Waals surface area contributed by atoms with E-state index in [4.69, 9.17) is 0 Å². The zero-order valence-corrected chi connectivity index (χ0v) is 11.3. The molecule has 0 spiro atoms. The van der Waals surface area contributed by atoms with Gasteiger partial charge in [0.1, 0.15) is 0 Å². The van der Waals surface area contributed by atoms with Crippen LogP contribution in [-0.2, 0) is 0 Å². The minimum atomic E-state index is 0. The van der Waals surface area contributed by atoms with Crippen LogP contribution in [0.1, 0.15) is 0 Å². The van der Waals surface area contributed by atoms with E-state index < -0.39 is 0 Å². The van der Waals surface area contributed by atoms with Crippen LogP contribution in [0, 0.1) is 6.07 Å². The number of benzene rings is 2. The molecule has 0 amide bonds. The Kier molecular flexibility index (Phi) is 4.51. The van der Waals surface area contributed by atoms with Crippen molar-refractivity contribution in [2.75, 3.05) is 38.0 Å². The second-order valence-corrected chi connectivity index (χ2v) is 4.35. The quantitative estimate of drug-likeness (QED) is 0.510. The smallest absolute Gasteiger partial charge is 0.393 e. The van der Waals surface area contributed by atoms with Gasteiger partial charge in [-0.05, 0) is 5.69 Å². The minimum absolute atomic E-state index is 0. The Labute approximate surface area is 115 Å². The zero-order valence-electron chi connectivity index (χ0n) is 11.3. The van der Waals surface area contributed by atoms with Gasteiger partial charge in [-0.2, -0.15) is 0 Å². The molecule has 0 aromatic heterocycles. The molecule has 2 rings (SSSR count). The summed E-state index contributed by atoms with van der Waals surface area (Å²) in [5.41, 5.74) is 2.47. The first-order valence-corrected chi connectivity index (χ1v) is 5.39. The second kappa shape index (κ2) is 5.49. The molecule has 0 N–H and O–H groups in total. The van der Waals surface area contributed by atoms with E-state index in [0.717, 1.165) is 5.39 Å². The van der Waals surface area contributed by atoms with E-state index in [0.29, 0.717) is 0 Å². The second-order valence-electron chi connectivity index (χ2n) is 4.35. The van der Waals surface area contributed by atoms with E-state index in [2.05, 4.69) is 68.3 Å². The molecule has 0 aliphatic heterocycles. The maximum Gasteiger partial charge on any atom is 1.00 e. The Morgan fingerprint density at radius 3 is 2.06 bits per heavy atom. The summed E-state index contributed by atoms with van der Waals surface area (Å²) in [4.78, 5) is 4.28. The molecule has 0 heterocycles. The van der Waals surface area contributed by atoms with Gasteiger partial charge in [-0.3, -0.25) is 0 Å². The van der Waals surface area contributed by atoms with Crippen molar-refractivity contribution in [3.8, 4) is 0 Å². The number of fused-ring (bicyclic) bond motifs is 1. The summed E-state index contributed by atoms with van der Waals surface area (Å²) in [5.74, 6) is 0.